The molecule has 0 aromatic heterocycles. The summed E-state index contributed by atoms with van der Waals surface area (Å²) in [5.74, 6) is 0. The number of nitrogens with one attached hydrogen (secondary N) is 1. The zero-order valence-corrected chi connectivity index (χ0v) is 10.2. The average molecular weight is 255 g/mol. The van der Waals surface area contributed by atoms with Crippen LogP contribution in [0.2, 0.25) is 5.02 Å². The van der Waals surface area contributed by atoms with Crippen LogP contribution in [0.25, 0.3) is 0 Å². The molecule has 1 saturated heterocycles. The number of likely N-dealkylation sites (tertiary alicyclic amines) is 1. The minimum Gasteiger partial charge on any atom is -0.465 e. The molecule has 2 N–H and O–H groups in total. The molecule has 0 spiro atoms. The molecular formula is C12H15ClN2O2. The van der Waals surface area contributed by atoms with Gasteiger partial charge in [0, 0.05) is 30.7 Å². The third-order valence-electron chi connectivity index (χ3n) is 2.90. The summed E-state index contributed by atoms with van der Waals surface area (Å²) in [7, 11) is 0. The Bertz CT molecular complexity index is 411. The predicted molar refractivity (Wildman–Crippen MR) is 66.3 cm³/mol. The number of hydrogen-bond acceptors (Lipinski definition) is 2. The van der Waals surface area contributed by atoms with Crippen molar-refractivity contribution in [1.29, 1.82) is 0 Å². The van der Waals surface area contributed by atoms with Crippen molar-refractivity contribution in [3.8, 4) is 0 Å². The number of halogens is 1. The molecule has 1 unspecified atom stereocenters. The molecule has 0 aliphatic carbocycles. The molecular weight excluding hydrogens is 240 g/mol. The summed E-state index contributed by atoms with van der Waals surface area (Å²) >= 11 is 5.92. The molecule has 2 rings (SSSR count). The van der Waals surface area contributed by atoms with Crippen molar-refractivity contribution < 1.29 is 9.90 Å². The highest BCUT2D eigenvalue weighted by molar-refractivity contribution is 6.30. The molecule has 1 aromatic rings. The quantitative estimate of drug-likeness (QED) is 0.869. The average Bonchev–Trinajstić information content (AvgIpc) is 2.64. The number of hydrogen-bond donors (Lipinski definition) is 2. The van der Waals surface area contributed by atoms with Crippen LogP contribution < -0.4 is 5.32 Å². The van der Waals surface area contributed by atoms with Crippen molar-refractivity contribution >= 4 is 17.7 Å². The Kier molecular flexibility index (Phi) is 3.86. The molecule has 1 aliphatic rings. The molecule has 0 saturated carbocycles. The first-order valence-corrected chi connectivity index (χ1v) is 5.97. The highest BCUT2D eigenvalue weighted by Gasteiger charge is 2.23. The van der Waals surface area contributed by atoms with Gasteiger partial charge in [0.05, 0.1) is 0 Å². The van der Waals surface area contributed by atoms with E-state index in [-0.39, 0.29) is 6.04 Å². The van der Waals surface area contributed by atoms with Crippen LogP contribution in [0.3, 0.4) is 0 Å². The number of amides is 1. The summed E-state index contributed by atoms with van der Waals surface area (Å²) in [5.41, 5.74) is 1.16. The molecule has 1 aliphatic heterocycles. The lowest BCUT2D eigenvalue weighted by Crippen LogP contribution is -2.35. The highest BCUT2D eigenvalue weighted by atomic mass is 35.5. The second-order valence-corrected chi connectivity index (χ2v) is 4.74. The summed E-state index contributed by atoms with van der Waals surface area (Å²) < 4.78 is 0. The third-order valence-corrected chi connectivity index (χ3v) is 3.13. The van der Waals surface area contributed by atoms with Gasteiger partial charge in [-0.25, -0.2) is 4.79 Å². The van der Waals surface area contributed by atoms with Crippen LogP contribution in [0, 0.1) is 0 Å². The van der Waals surface area contributed by atoms with Crippen LogP contribution in [0.15, 0.2) is 24.3 Å². The number of rotatable bonds is 3. The van der Waals surface area contributed by atoms with Crippen LogP contribution in [0.5, 0.6) is 0 Å². The second kappa shape index (κ2) is 5.38. The van der Waals surface area contributed by atoms with E-state index in [0.717, 1.165) is 36.6 Å². The van der Waals surface area contributed by atoms with Crippen molar-refractivity contribution in [2.75, 3.05) is 13.1 Å². The van der Waals surface area contributed by atoms with E-state index < -0.39 is 6.09 Å². The molecule has 0 bridgehead atoms. The molecule has 17 heavy (non-hydrogen) atoms. The van der Waals surface area contributed by atoms with E-state index in [9.17, 15) is 4.79 Å². The van der Waals surface area contributed by atoms with Crippen LogP contribution in [0.1, 0.15) is 12.0 Å². The molecule has 92 valence electrons. The molecule has 4 nitrogen and oxygen atoms in total. The first kappa shape index (κ1) is 12.2. The molecule has 0 radical (unpaired) electrons. The van der Waals surface area contributed by atoms with Gasteiger partial charge in [-0.2, -0.15) is 0 Å². The van der Waals surface area contributed by atoms with Gasteiger partial charge < -0.3 is 10.4 Å². The zero-order valence-electron chi connectivity index (χ0n) is 9.40. The van der Waals surface area contributed by atoms with Gasteiger partial charge in [0.2, 0.25) is 0 Å². The van der Waals surface area contributed by atoms with Gasteiger partial charge in [-0.3, -0.25) is 4.90 Å². The van der Waals surface area contributed by atoms with Crippen LogP contribution >= 0.6 is 11.6 Å². The Hall–Kier alpha value is -1.26. The second-order valence-electron chi connectivity index (χ2n) is 4.30. The fourth-order valence-electron chi connectivity index (χ4n) is 2.16. The maximum absolute atomic E-state index is 10.5. The van der Waals surface area contributed by atoms with E-state index in [1.54, 1.807) is 0 Å². The molecule has 1 atom stereocenters. The van der Waals surface area contributed by atoms with Crippen molar-refractivity contribution in [1.82, 2.24) is 10.2 Å². The highest BCUT2D eigenvalue weighted by Crippen LogP contribution is 2.16. The number of benzene rings is 1. The fraction of sp³-hybridized carbons (Fsp3) is 0.417. The molecule has 5 heteroatoms. The van der Waals surface area contributed by atoms with E-state index in [4.69, 9.17) is 16.7 Å². The summed E-state index contributed by atoms with van der Waals surface area (Å²) in [4.78, 5) is 12.7. The van der Waals surface area contributed by atoms with Crippen molar-refractivity contribution in [3.63, 3.8) is 0 Å². The maximum atomic E-state index is 10.5. The van der Waals surface area contributed by atoms with Gasteiger partial charge in [-0.05, 0) is 24.1 Å². The summed E-state index contributed by atoms with van der Waals surface area (Å²) in [6.45, 7) is 2.49. The fourth-order valence-corrected chi connectivity index (χ4v) is 2.38. The Balaban J connectivity index is 1.87. The molecule has 1 amide bonds. The minimum absolute atomic E-state index is 0.0479. The monoisotopic (exact) mass is 254 g/mol. The van der Waals surface area contributed by atoms with Crippen molar-refractivity contribution in [2.24, 2.45) is 0 Å². The lowest BCUT2D eigenvalue weighted by Gasteiger charge is -2.16. The Morgan fingerprint density at radius 2 is 2.41 bits per heavy atom. The smallest absolute Gasteiger partial charge is 0.404 e. The SMILES string of the molecule is O=C(O)NC1CCN(Cc2cccc(Cl)c2)C1. The number of carbonyl (C=O) groups is 1. The van der Waals surface area contributed by atoms with Gasteiger partial charge in [0.25, 0.3) is 0 Å². The maximum Gasteiger partial charge on any atom is 0.404 e. The van der Waals surface area contributed by atoms with E-state index in [1.807, 2.05) is 24.3 Å². The van der Waals surface area contributed by atoms with E-state index in [0.29, 0.717) is 0 Å². The van der Waals surface area contributed by atoms with Gasteiger partial charge in [-0.15, -0.1) is 0 Å². The normalized spacial score (nSPS) is 20.4. The Morgan fingerprint density at radius 1 is 1.59 bits per heavy atom. The summed E-state index contributed by atoms with van der Waals surface area (Å²) in [5, 5.41) is 11.9. The Labute approximate surface area is 105 Å². The predicted octanol–water partition coefficient (Wildman–Crippen LogP) is 2.18. The largest absolute Gasteiger partial charge is 0.465 e. The first-order chi connectivity index (χ1) is 8.13. The number of nitrogens with zero attached hydrogens (tertiary/aromatic N) is 1. The first-order valence-electron chi connectivity index (χ1n) is 5.60. The summed E-state index contributed by atoms with van der Waals surface area (Å²) in [6, 6.07) is 7.81. The molecule has 1 fully saturated rings. The lowest BCUT2D eigenvalue weighted by atomic mass is 10.2. The summed E-state index contributed by atoms with van der Waals surface area (Å²) in [6.07, 6.45) is -0.0769. The topological polar surface area (TPSA) is 52.6 Å². The Morgan fingerprint density at radius 3 is 3.12 bits per heavy atom. The molecule has 1 heterocycles. The van der Waals surface area contributed by atoms with Gasteiger partial charge >= 0.3 is 6.09 Å². The van der Waals surface area contributed by atoms with Crippen LogP contribution in [-0.2, 0) is 6.54 Å². The van der Waals surface area contributed by atoms with Crippen LogP contribution in [0.4, 0.5) is 4.79 Å². The third kappa shape index (κ3) is 3.61. The van der Waals surface area contributed by atoms with Gasteiger partial charge in [-0.1, -0.05) is 23.7 Å². The minimum atomic E-state index is -0.945. The van der Waals surface area contributed by atoms with Crippen molar-refractivity contribution in [2.45, 2.75) is 19.0 Å². The van der Waals surface area contributed by atoms with E-state index in [1.165, 1.54) is 0 Å². The van der Waals surface area contributed by atoms with Gasteiger partial charge in [0.1, 0.15) is 0 Å². The van der Waals surface area contributed by atoms with Crippen molar-refractivity contribution in [3.05, 3.63) is 34.9 Å². The van der Waals surface area contributed by atoms with Gasteiger partial charge in [0.15, 0.2) is 0 Å². The van der Waals surface area contributed by atoms with Crippen LogP contribution in [-0.4, -0.2) is 35.2 Å². The van der Waals surface area contributed by atoms with E-state index >= 15 is 0 Å². The zero-order chi connectivity index (χ0) is 12.3. The van der Waals surface area contributed by atoms with E-state index in [2.05, 4.69) is 10.2 Å². The standard InChI is InChI=1S/C12H15ClN2O2/c13-10-3-1-2-9(6-10)7-15-5-4-11(8-15)14-12(16)17/h1-3,6,11,14H,4-5,7-8H2,(H,16,17). The lowest BCUT2D eigenvalue weighted by molar-refractivity contribution is 0.189. The number of carboxylic acid groups (broad SMARTS) is 1. The molecule has 1 aromatic carbocycles.